The van der Waals surface area contributed by atoms with Crippen molar-refractivity contribution >= 4 is 73.1 Å². The van der Waals surface area contributed by atoms with Gasteiger partial charge in [0.25, 0.3) is 11.8 Å². The molecule has 0 spiro atoms. The Morgan fingerprint density at radius 1 is 1.00 bits per heavy atom. The highest BCUT2D eigenvalue weighted by Crippen LogP contribution is 2.65. The molecule has 7 rings (SSSR count). The zero-order chi connectivity index (χ0) is 23.7. The van der Waals surface area contributed by atoms with Crippen LogP contribution >= 0.6 is 55.1 Å². The molecule has 1 saturated heterocycles. The van der Waals surface area contributed by atoms with Crippen LogP contribution < -0.4 is 4.74 Å². The number of allylic oxidation sites excluding steroid dienone is 2. The Bertz CT molecular complexity index is 1240. The summed E-state index contributed by atoms with van der Waals surface area (Å²) in [7, 11) is 0. The first-order chi connectivity index (χ1) is 16.3. The highest BCUT2D eigenvalue weighted by atomic mass is 79.9. The average molecular weight is 625 g/mol. The van der Waals surface area contributed by atoms with E-state index < -0.39 is 0 Å². The molecular weight excluding hydrogens is 607 g/mol. The van der Waals surface area contributed by atoms with Crippen LogP contribution in [0.3, 0.4) is 0 Å². The van der Waals surface area contributed by atoms with Gasteiger partial charge in [-0.3, -0.25) is 9.59 Å². The Morgan fingerprint density at radius 3 is 2.21 bits per heavy atom. The summed E-state index contributed by atoms with van der Waals surface area (Å²) < 4.78 is 7.35. The molecule has 1 heterocycles. The number of rotatable bonds is 5. The molecule has 2 aromatic carbocycles. The van der Waals surface area contributed by atoms with Crippen molar-refractivity contribution in [1.29, 1.82) is 0 Å². The molecule has 2 aromatic rings. The lowest BCUT2D eigenvalue weighted by Crippen LogP contribution is -2.40. The number of hydrogen-bond acceptors (Lipinski definition) is 4. The smallest absolute Gasteiger partial charge is 0.254 e. The molecule has 6 atom stereocenters. The lowest BCUT2D eigenvalue weighted by molar-refractivity contribution is -0.140. The maximum Gasteiger partial charge on any atom is 0.254 e. The maximum atomic E-state index is 13.1. The summed E-state index contributed by atoms with van der Waals surface area (Å²) in [4.78, 5) is 26.2. The van der Waals surface area contributed by atoms with Gasteiger partial charge in [0.2, 0.25) is 0 Å². The van der Waals surface area contributed by atoms with E-state index >= 15 is 0 Å². The number of halogens is 4. The van der Waals surface area contributed by atoms with Crippen LogP contribution in [0.15, 0.2) is 56.5 Å². The first kappa shape index (κ1) is 22.8. The fourth-order valence-electron chi connectivity index (χ4n) is 5.76. The van der Waals surface area contributed by atoms with Crippen molar-refractivity contribution in [2.24, 2.45) is 40.6 Å². The standard InChI is InChI=1S/C25H18Br2Cl2N2O3/c26-18-5-11(6-19(27)23(18)34-10-12-1-2-13(28)7-20(12)29)9-30-31-24(32)21-14-3-4-15(17-8-16(14)17)22(21)25(31)33/h1-7,9,14-17,21-22H,8,10H2/b30-9-/t14-,15-,16-,17-,21+,22+/m0/s1. The largest absolute Gasteiger partial charge is 0.486 e. The molecule has 34 heavy (non-hydrogen) atoms. The minimum atomic E-state index is -0.252. The molecule has 5 aliphatic rings. The van der Waals surface area contributed by atoms with Crippen LogP contribution in [-0.2, 0) is 16.2 Å². The van der Waals surface area contributed by atoms with Crippen LogP contribution in [0.5, 0.6) is 5.75 Å². The summed E-state index contributed by atoms with van der Waals surface area (Å²) in [6, 6.07) is 8.90. The summed E-state index contributed by atoms with van der Waals surface area (Å²) in [5, 5.41) is 6.49. The van der Waals surface area contributed by atoms with Gasteiger partial charge in [0.1, 0.15) is 12.4 Å². The zero-order valence-electron chi connectivity index (χ0n) is 17.6. The van der Waals surface area contributed by atoms with Crippen molar-refractivity contribution in [3.63, 3.8) is 0 Å². The van der Waals surface area contributed by atoms with Crippen molar-refractivity contribution in [3.05, 3.63) is 72.6 Å². The summed E-state index contributed by atoms with van der Waals surface area (Å²) >= 11 is 19.3. The molecule has 0 N–H and O–H groups in total. The molecule has 3 fully saturated rings. The van der Waals surface area contributed by atoms with E-state index in [2.05, 4.69) is 49.1 Å². The average Bonchev–Trinajstić information content (AvgIpc) is 3.57. The van der Waals surface area contributed by atoms with Crippen molar-refractivity contribution in [1.82, 2.24) is 5.01 Å². The number of carbonyl (C=O) groups excluding carboxylic acids is 2. The normalized spacial score (nSPS) is 30.8. The number of hydrazone groups is 1. The van der Waals surface area contributed by atoms with Crippen LogP contribution in [0.1, 0.15) is 17.5 Å². The molecule has 5 nitrogen and oxygen atoms in total. The summed E-state index contributed by atoms with van der Waals surface area (Å²) in [6.45, 7) is 0.262. The lowest BCUT2D eigenvalue weighted by Gasteiger charge is -2.37. The molecule has 0 radical (unpaired) electrons. The van der Waals surface area contributed by atoms with Gasteiger partial charge in [-0.2, -0.15) is 10.1 Å². The first-order valence-corrected chi connectivity index (χ1v) is 13.3. The molecule has 2 saturated carbocycles. The van der Waals surface area contributed by atoms with Crippen LogP contribution in [0, 0.1) is 35.5 Å². The molecule has 174 valence electrons. The van der Waals surface area contributed by atoms with Gasteiger partial charge in [-0.25, -0.2) is 0 Å². The van der Waals surface area contributed by atoms with Gasteiger partial charge in [0.15, 0.2) is 0 Å². The van der Waals surface area contributed by atoms with Gasteiger partial charge in [0, 0.05) is 15.6 Å². The fourth-order valence-corrected chi connectivity index (χ4v) is 7.67. The van der Waals surface area contributed by atoms with Gasteiger partial charge in [-0.1, -0.05) is 41.4 Å². The Hall–Kier alpha value is -1.67. The minimum absolute atomic E-state index is 0.172. The van der Waals surface area contributed by atoms with Gasteiger partial charge >= 0.3 is 0 Å². The molecule has 4 aliphatic carbocycles. The van der Waals surface area contributed by atoms with Crippen LogP contribution in [0.4, 0.5) is 0 Å². The van der Waals surface area contributed by atoms with Crippen molar-refractivity contribution in [2.75, 3.05) is 0 Å². The van der Waals surface area contributed by atoms with E-state index in [1.807, 2.05) is 18.2 Å². The molecule has 9 heteroatoms. The van der Waals surface area contributed by atoms with Crippen molar-refractivity contribution < 1.29 is 14.3 Å². The van der Waals surface area contributed by atoms with E-state index in [4.69, 9.17) is 27.9 Å². The first-order valence-electron chi connectivity index (χ1n) is 11.0. The van der Waals surface area contributed by atoms with Gasteiger partial charge < -0.3 is 4.74 Å². The van der Waals surface area contributed by atoms with E-state index in [1.54, 1.807) is 18.3 Å². The van der Waals surface area contributed by atoms with E-state index in [0.717, 1.165) is 22.6 Å². The lowest BCUT2D eigenvalue weighted by atomic mass is 9.63. The third-order valence-electron chi connectivity index (χ3n) is 7.37. The zero-order valence-corrected chi connectivity index (χ0v) is 22.3. The Morgan fingerprint density at radius 2 is 1.62 bits per heavy atom. The van der Waals surface area contributed by atoms with E-state index in [9.17, 15) is 9.59 Å². The molecule has 2 amide bonds. The number of ether oxygens (including phenoxy) is 1. The second-order valence-corrected chi connectivity index (χ2v) is 11.8. The Labute approximate surface area is 223 Å². The number of carbonyl (C=O) groups is 2. The number of amides is 2. The van der Waals surface area contributed by atoms with Crippen LogP contribution in [0.2, 0.25) is 10.0 Å². The van der Waals surface area contributed by atoms with Crippen molar-refractivity contribution in [3.8, 4) is 5.75 Å². The molecule has 1 aliphatic heterocycles. The van der Waals surface area contributed by atoms with Gasteiger partial charge in [-0.05, 0) is 91.8 Å². The Balaban J connectivity index is 1.18. The van der Waals surface area contributed by atoms with Gasteiger partial charge in [0.05, 0.1) is 27.0 Å². The third kappa shape index (κ3) is 3.67. The predicted octanol–water partition coefficient (Wildman–Crippen LogP) is 6.48. The van der Waals surface area contributed by atoms with E-state index in [0.29, 0.717) is 36.6 Å². The minimum Gasteiger partial charge on any atom is -0.486 e. The second kappa shape index (κ2) is 8.47. The summed E-state index contributed by atoms with van der Waals surface area (Å²) in [6.07, 6.45) is 6.99. The molecule has 0 aromatic heterocycles. The topological polar surface area (TPSA) is 59.0 Å². The molecule has 2 bridgehead atoms. The predicted molar refractivity (Wildman–Crippen MR) is 137 cm³/mol. The van der Waals surface area contributed by atoms with Crippen molar-refractivity contribution in [2.45, 2.75) is 13.0 Å². The summed E-state index contributed by atoms with van der Waals surface area (Å²) in [5.41, 5.74) is 1.53. The van der Waals surface area contributed by atoms with E-state index in [1.165, 1.54) is 0 Å². The van der Waals surface area contributed by atoms with Crippen LogP contribution in [0.25, 0.3) is 0 Å². The fraction of sp³-hybridized carbons (Fsp3) is 0.320. The van der Waals surface area contributed by atoms with E-state index in [-0.39, 0.29) is 42.1 Å². The molecule has 0 unspecified atom stereocenters. The molecular formula is C25H18Br2Cl2N2O3. The SMILES string of the molecule is O=C1[C@@H]2[C@H]3C=C[C@@H]([C@@H]4C[C@@H]34)[C@H]2C(=O)N1/N=C\c1cc(Br)c(OCc2ccc(Cl)cc2Cl)c(Br)c1. The highest BCUT2D eigenvalue weighted by molar-refractivity contribution is 9.11. The summed E-state index contributed by atoms with van der Waals surface area (Å²) in [5.74, 6) is 1.26. The second-order valence-electron chi connectivity index (χ2n) is 9.23. The number of hydrogen-bond donors (Lipinski definition) is 0. The maximum absolute atomic E-state index is 13.1. The number of imide groups is 1. The third-order valence-corrected chi connectivity index (χ3v) is 9.13. The number of nitrogens with zero attached hydrogens (tertiary/aromatic N) is 2. The highest BCUT2D eigenvalue weighted by Gasteiger charge is 2.67. The Kier molecular flexibility index (Phi) is 5.67. The monoisotopic (exact) mass is 622 g/mol. The van der Waals surface area contributed by atoms with Gasteiger partial charge in [-0.15, -0.1) is 0 Å². The number of benzene rings is 2. The van der Waals surface area contributed by atoms with Crippen LogP contribution in [-0.4, -0.2) is 23.0 Å². The quantitative estimate of drug-likeness (QED) is 0.217.